The number of likely N-dealkylation sites (N-methyl/N-ethyl adjacent to an activating group) is 1. The van der Waals surface area contributed by atoms with Crippen molar-refractivity contribution in [3.8, 4) is 0 Å². The van der Waals surface area contributed by atoms with E-state index in [0.29, 0.717) is 6.42 Å². The first-order valence-corrected chi connectivity index (χ1v) is 6.51. The molecule has 2 N–H and O–H groups in total. The summed E-state index contributed by atoms with van der Waals surface area (Å²) in [5.41, 5.74) is 1.57. The summed E-state index contributed by atoms with van der Waals surface area (Å²) in [6, 6.07) is -0.553. The molecule has 1 heterocycles. The Hall–Kier alpha value is -2.25. The van der Waals surface area contributed by atoms with Crippen molar-refractivity contribution in [1.29, 1.82) is 0 Å². The van der Waals surface area contributed by atoms with Crippen molar-refractivity contribution in [1.82, 2.24) is 20.1 Å². The highest BCUT2D eigenvalue weighted by Gasteiger charge is 2.16. The molecule has 110 valence electrons. The van der Waals surface area contributed by atoms with Crippen LogP contribution in [0.3, 0.4) is 0 Å². The third-order valence-corrected chi connectivity index (χ3v) is 2.72. The third kappa shape index (κ3) is 4.15. The SMILES string of the molecule is CCc1nnc(NC(=O)N(CC)CC(=O)O)nc1CC. The van der Waals surface area contributed by atoms with Gasteiger partial charge in [-0.1, -0.05) is 13.8 Å². The number of amides is 2. The van der Waals surface area contributed by atoms with Gasteiger partial charge in [0.25, 0.3) is 5.95 Å². The molecule has 0 aliphatic heterocycles. The zero-order chi connectivity index (χ0) is 15.1. The molecule has 0 bridgehead atoms. The van der Waals surface area contributed by atoms with Crippen molar-refractivity contribution in [2.75, 3.05) is 18.4 Å². The van der Waals surface area contributed by atoms with E-state index in [4.69, 9.17) is 5.11 Å². The first-order valence-electron chi connectivity index (χ1n) is 6.51. The van der Waals surface area contributed by atoms with Gasteiger partial charge in [0.15, 0.2) is 0 Å². The molecule has 20 heavy (non-hydrogen) atoms. The highest BCUT2D eigenvalue weighted by Crippen LogP contribution is 2.07. The zero-order valence-corrected chi connectivity index (χ0v) is 11.9. The Morgan fingerprint density at radius 2 is 1.80 bits per heavy atom. The summed E-state index contributed by atoms with van der Waals surface area (Å²) in [6.45, 7) is 5.49. The average molecular weight is 281 g/mol. The van der Waals surface area contributed by atoms with Gasteiger partial charge in [-0.2, -0.15) is 0 Å². The van der Waals surface area contributed by atoms with Gasteiger partial charge in [-0.3, -0.25) is 10.1 Å². The van der Waals surface area contributed by atoms with E-state index in [2.05, 4.69) is 20.5 Å². The predicted octanol–water partition coefficient (Wildman–Crippen LogP) is 0.935. The number of aryl methyl sites for hydroxylation is 2. The number of carboxylic acid groups (broad SMARTS) is 1. The van der Waals surface area contributed by atoms with Crippen molar-refractivity contribution < 1.29 is 14.7 Å². The largest absolute Gasteiger partial charge is 0.480 e. The summed E-state index contributed by atoms with van der Waals surface area (Å²) in [4.78, 5) is 27.9. The van der Waals surface area contributed by atoms with Gasteiger partial charge in [-0.25, -0.2) is 9.78 Å². The first-order chi connectivity index (χ1) is 9.51. The Morgan fingerprint density at radius 3 is 2.30 bits per heavy atom. The Balaban J connectivity index is 2.81. The van der Waals surface area contributed by atoms with E-state index in [1.54, 1.807) is 6.92 Å². The number of anilines is 1. The zero-order valence-electron chi connectivity index (χ0n) is 11.9. The number of carbonyl (C=O) groups excluding carboxylic acids is 1. The molecule has 0 aliphatic carbocycles. The van der Waals surface area contributed by atoms with E-state index in [1.807, 2.05) is 13.8 Å². The first kappa shape index (κ1) is 15.8. The molecule has 0 fully saturated rings. The molecule has 0 atom stereocenters. The minimum Gasteiger partial charge on any atom is -0.480 e. The number of aromatic nitrogens is 3. The fourth-order valence-corrected chi connectivity index (χ4v) is 1.66. The fourth-order valence-electron chi connectivity index (χ4n) is 1.66. The van der Waals surface area contributed by atoms with Gasteiger partial charge < -0.3 is 10.0 Å². The topological polar surface area (TPSA) is 108 Å². The maximum absolute atomic E-state index is 11.9. The molecule has 1 aromatic heterocycles. The molecule has 0 aliphatic rings. The summed E-state index contributed by atoms with van der Waals surface area (Å²) in [7, 11) is 0. The second-order valence-corrected chi connectivity index (χ2v) is 4.07. The molecule has 0 radical (unpaired) electrons. The molecule has 0 unspecified atom stereocenters. The van der Waals surface area contributed by atoms with Gasteiger partial charge in [0.05, 0.1) is 11.4 Å². The quantitative estimate of drug-likeness (QED) is 0.803. The molecular weight excluding hydrogens is 262 g/mol. The third-order valence-electron chi connectivity index (χ3n) is 2.72. The van der Waals surface area contributed by atoms with Crippen LogP contribution < -0.4 is 5.32 Å². The van der Waals surface area contributed by atoms with E-state index < -0.39 is 12.0 Å². The smallest absolute Gasteiger partial charge is 0.324 e. The number of hydrogen-bond donors (Lipinski definition) is 2. The molecule has 2 amide bonds. The van der Waals surface area contributed by atoms with Crippen molar-refractivity contribution in [2.24, 2.45) is 0 Å². The number of urea groups is 1. The van der Waals surface area contributed by atoms with Gasteiger partial charge in [0.2, 0.25) is 0 Å². The minimum atomic E-state index is -1.07. The monoisotopic (exact) mass is 281 g/mol. The molecule has 8 nitrogen and oxygen atoms in total. The van der Waals surface area contributed by atoms with Crippen LogP contribution in [0.1, 0.15) is 32.2 Å². The van der Waals surface area contributed by atoms with Crippen LogP contribution in [0.4, 0.5) is 10.7 Å². The maximum atomic E-state index is 11.9. The lowest BCUT2D eigenvalue weighted by Crippen LogP contribution is -2.39. The Bertz CT molecular complexity index is 492. The van der Waals surface area contributed by atoms with Crippen molar-refractivity contribution >= 4 is 17.9 Å². The number of rotatable bonds is 6. The lowest BCUT2D eigenvalue weighted by molar-refractivity contribution is -0.137. The van der Waals surface area contributed by atoms with Gasteiger partial charge >= 0.3 is 12.0 Å². The average Bonchev–Trinajstić information content (AvgIpc) is 2.44. The summed E-state index contributed by atoms with van der Waals surface area (Å²) >= 11 is 0. The number of nitrogens with one attached hydrogen (secondary N) is 1. The van der Waals surface area contributed by atoms with E-state index >= 15 is 0 Å². The second-order valence-electron chi connectivity index (χ2n) is 4.07. The number of carbonyl (C=O) groups is 2. The fraction of sp³-hybridized carbons (Fsp3) is 0.583. The predicted molar refractivity (Wildman–Crippen MR) is 72.5 cm³/mol. The molecule has 0 aromatic carbocycles. The number of hydrogen-bond acceptors (Lipinski definition) is 5. The van der Waals surface area contributed by atoms with Crippen LogP contribution in [0.2, 0.25) is 0 Å². The highest BCUT2D eigenvalue weighted by atomic mass is 16.4. The maximum Gasteiger partial charge on any atom is 0.324 e. The lowest BCUT2D eigenvalue weighted by atomic mass is 10.2. The Labute approximate surface area is 117 Å². The van der Waals surface area contributed by atoms with Crippen molar-refractivity contribution in [3.05, 3.63) is 11.4 Å². The van der Waals surface area contributed by atoms with Crippen molar-refractivity contribution in [2.45, 2.75) is 33.6 Å². The number of nitrogens with zero attached hydrogens (tertiary/aromatic N) is 4. The van der Waals surface area contributed by atoms with Crippen LogP contribution in [0, 0.1) is 0 Å². The van der Waals surface area contributed by atoms with Gasteiger partial charge in [-0.05, 0) is 19.8 Å². The lowest BCUT2D eigenvalue weighted by Gasteiger charge is -2.18. The Kier molecular flexibility index (Phi) is 5.82. The highest BCUT2D eigenvalue weighted by molar-refractivity contribution is 5.89. The summed E-state index contributed by atoms with van der Waals surface area (Å²) in [5, 5.41) is 19.0. The Morgan fingerprint density at radius 1 is 1.15 bits per heavy atom. The molecule has 8 heteroatoms. The molecule has 0 saturated carbocycles. The van der Waals surface area contributed by atoms with Gasteiger partial charge in [0, 0.05) is 6.54 Å². The van der Waals surface area contributed by atoms with Gasteiger partial charge in [0.1, 0.15) is 6.54 Å². The minimum absolute atomic E-state index is 0.0906. The van der Waals surface area contributed by atoms with Crippen molar-refractivity contribution in [3.63, 3.8) is 0 Å². The normalized spacial score (nSPS) is 10.2. The van der Waals surface area contributed by atoms with Crippen LogP contribution in [-0.2, 0) is 17.6 Å². The van der Waals surface area contributed by atoms with Crippen LogP contribution in [0.25, 0.3) is 0 Å². The van der Waals surface area contributed by atoms with Crippen LogP contribution in [0.5, 0.6) is 0 Å². The second kappa shape index (κ2) is 7.37. The summed E-state index contributed by atoms with van der Waals surface area (Å²) < 4.78 is 0. The van der Waals surface area contributed by atoms with E-state index in [0.717, 1.165) is 22.7 Å². The van der Waals surface area contributed by atoms with E-state index in [-0.39, 0.29) is 19.0 Å². The van der Waals surface area contributed by atoms with E-state index in [9.17, 15) is 9.59 Å². The molecule has 1 aromatic rings. The number of carboxylic acids is 1. The van der Waals surface area contributed by atoms with Crippen LogP contribution in [-0.4, -0.2) is 50.3 Å². The van der Waals surface area contributed by atoms with E-state index in [1.165, 1.54) is 0 Å². The van der Waals surface area contributed by atoms with Crippen LogP contribution >= 0.6 is 0 Å². The molecule has 0 saturated heterocycles. The number of aliphatic carboxylic acids is 1. The summed E-state index contributed by atoms with van der Waals surface area (Å²) in [6.07, 6.45) is 1.41. The standard InChI is InChI=1S/C12H19N5O3/c1-4-8-9(5-2)15-16-11(13-8)14-12(20)17(6-3)7-10(18)19/h4-7H2,1-3H3,(H,18,19)(H,13,14,16,20). The summed E-state index contributed by atoms with van der Waals surface area (Å²) in [5.74, 6) is -0.982. The molecular formula is C12H19N5O3. The molecule has 1 rings (SSSR count). The van der Waals surface area contributed by atoms with Gasteiger partial charge in [-0.15, -0.1) is 10.2 Å². The molecule has 0 spiro atoms. The van der Waals surface area contributed by atoms with Crippen LogP contribution in [0.15, 0.2) is 0 Å².